The molecule has 0 radical (unpaired) electrons. The topological polar surface area (TPSA) is 76.4 Å². The molecule has 0 atom stereocenters. The van der Waals surface area contributed by atoms with Crippen LogP contribution in [0.2, 0.25) is 5.02 Å². The molecule has 2 rings (SSSR count). The Morgan fingerprint density at radius 1 is 1.28 bits per heavy atom. The maximum atomic E-state index is 12.9. The van der Waals surface area contributed by atoms with Crippen LogP contribution < -0.4 is 21.1 Å². The minimum Gasteiger partial charge on any atom is -0.496 e. The van der Waals surface area contributed by atoms with Crippen LogP contribution in [-0.4, -0.2) is 31.6 Å². The van der Waals surface area contributed by atoms with Gasteiger partial charge >= 0.3 is 0 Å². The summed E-state index contributed by atoms with van der Waals surface area (Å²) in [6.07, 6.45) is 2.23. The zero-order valence-electron chi connectivity index (χ0n) is 15.8. The van der Waals surface area contributed by atoms with Crippen molar-refractivity contribution in [1.29, 1.82) is 0 Å². The molecule has 140 valence electrons. The van der Waals surface area contributed by atoms with Crippen molar-refractivity contribution in [2.45, 2.75) is 46.1 Å². The van der Waals surface area contributed by atoms with E-state index in [1.165, 1.54) is 7.11 Å². The van der Waals surface area contributed by atoms with Crippen LogP contribution in [0.5, 0.6) is 5.75 Å². The number of nitrogen functional groups attached to an aromatic ring is 1. The molecule has 0 bridgehead atoms. The average molecular weight is 368 g/mol. The number of nitrogens with two attached hydrogens (primary N) is 1. The first-order valence-corrected chi connectivity index (χ1v) is 9.14. The third-order valence-corrected chi connectivity index (χ3v) is 6.29. The number of carbonyl (C=O) groups excluding carboxylic acids is 1. The van der Waals surface area contributed by atoms with Crippen LogP contribution in [0.1, 0.15) is 50.9 Å². The van der Waals surface area contributed by atoms with Gasteiger partial charge in [0.05, 0.1) is 23.4 Å². The Morgan fingerprint density at radius 2 is 1.88 bits per heavy atom. The maximum absolute atomic E-state index is 12.9. The Kier molecular flexibility index (Phi) is 5.89. The van der Waals surface area contributed by atoms with E-state index in [9.17, 15) is 4.79 Å². The highest BCUT2D eigenvalue weighted by molar-refractivity contribution is 6.33. The molecule has 1 amide bonds. The Bertz CT molecular complexity index is 638. The fourth-order valence-corrected chi connectivity index (χ4v) is 3.65. The second kappa shape index (κ2) is 7.42. The van der Waals surface area contributed by atoms with Crippen molar-refractivity contribution < 1.29 is 9.53 Å². The van der Waals surface area contributed by atoms with Gasteiger partial charge in [-0.25, -0.2) is 0 Å². The van der Waals surface area contributed by atoms with Gasteiger partial charge in [-0.3, -0.25) is 4.79 Å². The number of halogens is 1. The number of benzene rings is 1. The summed E-state index contributed by atoms with van der Waals surface area (Å²) in [6, 6.07) is 3.15. The molecule has 5 nitrogen and oxygen atoms in total. The zero-order valence-corrected chi connectivity index (χ0v) is 16.6. The predicted molar refractivity (Wildman–Crippen MR) is 103 cm³/mol. The lowest BCUT2D eigenvalue weighted by molar-refractivity contribution is 0.0489. The minimum atomic E-state index is -0.398. The zero-order chi connectivity index (χ0) is 18.8. The van der Waals surface area contributed by atoms with E-state index in [1.54, 1.807) is 12.1 Å². The monoisotopic (exact) mass is 367 g/mol. The second-order valence-electron chi connectivity index (χ2n) is 7.90. The Balaban J connectivity index is 2.24. The number of methoxy groups -OCH3 is 1. The molecule has 1 fully saturated rings. The largest absolute Gasteiger partial charge is 0.496 e. The third-order valence-electron chi connectivity index (χ3n) is 5.96. The smallest absolute Gasteiger partial charge is 0.255 e. The number of amides is 1. The van der Waals surface area contributed by atoms with Crippen LogP contribution in [0.3, 0.4) is 0 Å². The van der Waals surface area contributed by atoms with Crippen LogP contribution in [0, 0.1) is 11.3 Å². The van der Waals surface area contributed by atoms with Gasteiger partial charge in [-0.2, -0.15) is 0 Å². The minimum absolute atomic E-state index is 0.0599. The molecule has 1 heterocycles. The van der Waals surface area contributed by atoms with E-state index in [1.807, 2.05) is 0 Å². The number of rotatable bonds is 5. The first kappa shape index (κ1) is 19.9. The van der Waals surface area contributed by atoms with E-state index < -0.39 is 5.54 Å². The highest BCUT2D eigenvalue weighted by atomic mass is 35.5. The van der Waals surface area contributed by atoms with Crippen molar-refractivity contribution in [3.8, 4) is 5.75 Å². The highest BCUT2D eigenvalue weighted by Gasteiger charge is 2.44. The molecule has 0 saturated carbocycles. The first-order chi connectivity index (χ1) is 11.6. The van der Waals surface area contributed by atoms with Crippen LogP contribution in [0.4, 0.5) is 5.69 Å². The summed E-state index contributed by atoms with van der Waals surface area (Å²) in [5, 5.41) is 6.94. The van der Waals surface area contributed by atoms with Gasteiger partial charge in [-0.05, 0) is 57.2 Å². The van der Waals surface area contributed by atoms with Crippen LogP contribution in [0.25, 0.3) is 0 Å². The standard InChI is InChI=1S/C19H30ClN3O2/c1-18(2,12-6-8-22-9-7-12)19(3,4)23-17(24)13-10-14(20)15(21)11-16(13)25-5/h10-12,22H,6-9,21H2,1-5H3,(H,23,24). The molecule has 1 aliphatic heterocycles. The molecule has 0 aromatic heterocycles. The number of piperidine rings is 1. The quantitative estimate of drug-likeness (QED) is 0.696. The first-order valence-electron chi connectivity index (χ1n) is 8.76. The molecule has 0 spiro atoms. The van der Waals surface area contributed by atoms with Crippen molar-refractivity contribution in [2.24, 2.45) is 11.3 Å². The van der Waals surface area contributed by atoms with Crippen molar-refractivity contribution >= 4 is 23.2 Å². The van der Waals surface area contributed by atoms with E-state index in [-0.39, 0.29) is 11.3 Å². The molecule has 0 aliphatic carbocycles. The van der Waals surface area contributed by atoms with Crippen molar-refractivity contribution in [3.63, 3.8) is 0 Å². The molecule has 1 aromatic rings. The van der Waals surface area contributed by atoms with Gasteiger partial charge in [0.1, 0.15) is 5.75 Å². The van der Waals surface area contributed by atoms with Crippen molar-refractivity contribution in [3.05, 3.63) is 22.7 Å². The summed E-state index contributed by atoms with van der Waals surface area (Å²) in [5.41, 5.74) is 6.14. The summed E-state index contributed by atoms with van der Waals surface area (Å²) in [7, 11) is 1.52. The lowest BCUT2D eigenvalue weighted by Crippen LogP contribution is -2.57. The molecular weight excluding hydrogens is 338 g/mol. The summed E-state index contributed by atoms with van der Waals surface area (Å²) < 4.78 is 5.31. The van der Waals surface area contributed by atoms with Gasteiger partial charge in [-0.15, -0.1) is 0 Å². The number of hydrogen-bond donors (Lipinski definition) is 3. The van der Waals surface area contributed by atoms with Crippen LogP contribution in [0.15, 0.2) is 12.1 Å². The van der Waals surface area contributed by atoms with E-state index in [0.29, 0.717) is 27.9 Å². The van der Waals surface area contributed by atoms with E-state index in [2.05, 4.69) is 38.3 Å². The summed E-state index contributed by atoms with van der Waals surface area (Å²) in [6.45, 7) is 10.7. The van der Waals surface area contributed by atoms with E-state index >= 15 is 0 Å². The van der Waals surface area contributed by atoms with Crippen molar-refractivity contribution in [1.82, 2.24) is 10.6 Å². The van der Waals surface area contributed by atoms with Gasteiger partial charge in [0.25, 0.3) is 5.91 Å². The summed E-state index contributed by atoms with van der Waals surface area (Å²) in [5.74, 6) is 0.765. The fourth-order valence-electron chi connectivity index (χ4n) is 3.48. The number of ether oxygens (including phenoxy) is 1. The Hall–Kier alpha value is -1.46. The van der Waals surface area contributed by atoms with Gasteiger partial charge in [0.2, 0.25) is 0 Å². The molecule has 0 unspecified atom stereocenters. The Morgan fingerprint density at radius 3 is 2.44 bits per heavy atom. The van der Waals surface area contributed by atoms with E-state index in [0.717, 1.165) is 25.9 Å². The number of carbonyl (C=O) groups is 1. The van der Waals surface area contributed by atoms with Gasteiger partial charge in [-0.1, -0.05) is 25.4 Å². The molecule has 1 aliphatic rings. The number of hydrogen-bond acceptors (Lipinski definition) is 4. The van der Waals surface area contributed by atoms with Gasteiger partial charge in [0.15, 0.2) is 0 Å². The molecule has 4 N–H and O–H groups in total. The normalized spacial score (nSPS) is 16.6. The maximum Gasteiger partial charge on any atom is 0.255 e. The molecule has 6 heteroatoms. The van der Waals surface area contributed by atoms with Crippen molar-refractivity contribution in [2.75, 3.05) is 25.9 Å². The van der Waals surface area contributed by atoms with Gasteiger partial charge < -0.3 is 21.1 Å². The summed E-state index contributed by atoms with van der Waals surface area (Å²) in [4.78, 5) is 12.9. The van der Waals surface area contributed by atoms with Crippen LogP contribution in [-0.2, 0) is 0 Å². The Labute approximate surface area is 155 Å². The second-order valence-corrected chi connectivity index (χ2v) is 8.31. The molecular formula is C19H30ClN3O2. The number of nitrogens with one attached hydrogen (secondary N) is 2. The molecule has 25 heavy (non-hydrogen) atoms. The lowest BCUT2D eigenvalue weighted by Gasteiger charge is -2.49. The van der Waals surface area contributed by atoms with Gasteiger partial charge in [0, 0.05) is 11.6 Å². The average Bonchev–Trinajstić information content (AvgIpc) is 2.57. The lowest BCUT2D eigenvalue weighted by atomic mass is 9.63. The summed E-state index contributed by atoms with van der Waals surface area (Å²) >= 11 is 6.10. The third kappa shape index (κ3) is 4.04. The van der Waals surface area contributed by atoms with E-state index in [4.69, 9.17) is 22.1 Å². The van der Waals surface area contributed by atoms with Crippen LogP contribution >= 0.6 is 11.6 Å². The highest BCUT2D eigenvalue weighted by Crippen LogP contribution is 2.42. The predicted octanol–water partition coefficient (Wildman–Crippen LogP) is 3.47. The fraction of sp³-hybridized carbons (Fsp3) is 0.632. The molecule has 1 aromatic carbocycles. The SMILES string of the molecule is COc1cc(N)c(Cl)cc1C(=O)NC(C)(C)C(C)(C)C1CCNCC1. The molecule has 1 saturated heterocycles. The number of anilines is 1.